The zero-order valence-electron chi connectivity index (χ0n) is 7.20. The van der Waals surface area contributed by atoms with Crippen molar-refractivity contribution in [3.05, 3.63) is 29.6 Å². The maximum absolute atomic E-state index is 8.73. The predicted octanol–water partition coefficient (Wildman–Crippen LogP) is 0.984. The molecule has 0 saturated carbocycles. The summed E-state index contributed by atoms with van der Waals surface area (Å²) >= 11 is 0. The summed E-state index contributed by atoms with van der Waals surface area (Å²) in [6, 6.07) is 3.77. The Hall–Kier alpha value is -0.930. The highest BCUT2D eigenvalue weighted by molar-refractivity contribution is 5.16. The summed E-state index contributed by atoms with van der Waals surface area (Å²) in [6.07, 6.45) is 2.62. The summed E-state index contributed by atoms with van der Waals surface area (Å²) in [5, 5.41) is 8.73. The first-order valence-electron chi connectivity index (χ1n) is 4.09. The second-order valence-corrected chi connectivity index (χ2v) is 2.76. The van der Waals surface area contributed by atoms with Crippen molar-refractivity contribution < 1.29 is 5.11 Å². The Balaban J connectivity index is 2.77. The summed E-state index contributed by atoms with van der Waals surface area (Å²) in [7, 11) is 0. The fraction of sp³-hybridized carbons (Fsp3) is 0.444. The third-order valence-corrected chi connectivity index (χ3v) is 1.88. The van der Waals surface area contributed by atoms with Gasteiger partial charge in [0.05, 0.1) is 12.3 Å². The van der Waals surface area contributed by atoms with E-state index < -0.39 is 0 Å². The molecule has 0 aromatic carbocycles. The van der Waals surface area contributed by atoms with Gasteiger partial charge in [-0.1, -0.05) is 13.0 Å². The monoisotopic (exact) mass is 166 g/mol. The first-order chi connectivity index (χ1) is 5.77. The van der Waals surface area contributed by atoms with Crippen LogP contribution < -0.4 is 5.73 Å². The zero-order valence-corrected chi connectivity index (χ0v) is 7.20. The Bertz CT molecular complexity index is 233. The number of nitrogens with zero attached hydrogens (tertiary/aromatic N) is 1. The van der Waals surface area contributed by atoms with Crippen molar-refractivity contribution >= 4 is 0 Å². The molecule has 0 bridgehead atoms. The molecule has 1 rings (SSSR count). The second-order valence-electron chi connectivity index (χ2n) is 2.76. The van der Waals surface area contributed by atoms with Gasteiger partial charge in [-0.3, -0.25) is 4.98 Å². The minimum absolute atomic E-state index is 0.0123. The van der Waals surface area contributed by atoms with Crippen LogP contribution in [-0.2, 0) is 6.61 Å². The quantitative estimate of drug-likeness (QED) is 0.703. The molecule has 3 nitrogen and oxygen atoms in total. The van der Waals surface area contributed by atoms with E-state index in [0.717, 1.165) is 12.0 Å². The maximum atomic E-state index is 8.73. The van der Waals surface area contributed by atoms with Gasteiger partial charge in [0.15, 0.2) is 0 Å². The molecule has 0 aliphatic rings. The molecule has 0 aliphatic heterocycles. The van der Waals surface area contributed by atoms with Crippen LogP contribution >= 0.6 is 0 Å². The number of aliphatic hydroxyl groups is 1. The van der Waals surface area contributed by atoms with Gasteiger partial charge in [0.2, 0.25) is 0 Å². The first kappa shape index (κ1) is 9.16. The fourth-order valence-corrected chi connectivity index (χ4v) is 0.984. The van der Waals surface area contributed by atoms with Crippen LogP contribution in [0.25, 0.3) is 0 Å². The van der Waals surface area contributed by atoms with Gasteiger partial charge in [-0.15, -0.1) is 0 Å². The summed E-state index contributed by atoms with van der Waals surface area (Å²) < 4.78 is 0. The van der Waals surface area contributed by atoms with Crippen molar-refractivity contribution in [1.82, 2.24) is 4.98 Å². The minimum atomic E-state index is -0.0123. The first-order valence-corrected chi connectivity index (χ1v) is 4.09. The molecule has 0 saturated heterocycles. The molecule has 0 fully saturated rings. The van der Waals surface area contributed by atoms with E-state index in [1.54, 1.807) is 12.3 Å². The Morgan fingerprint density at radius 1 is 1.58 bits per heavy atom. The van der Waals surface area contributed by atoms with Gasteiger partial charge in [0, 0.05) is 12.2 Å². The Labute approximate surface area is 72.2 Å². The second kappa shape index (κ2) is 4.18. The molecule has 0 unspecified atom stereocenters. The van der Waals surface area contributed by atoms with E-state index in [0.29, 0.717) is 5.69 Å². The molecule has 0 radical (unpaired) electrons. The molecular weight excluding hydrogens is 152 g/mol. The molecule has 0 spiro atoms. The van der Waals surface area contributed by atoms with Gasteiger partial charge in [-0.05, 0) is 18.1 Å². The molecule has 1 atom stereocenters. The molecule has 1 aromatic heterocycles. The highest BCUT2D eigenvalue weighted by atomic mass is 16.3. The zero-order chi connectivity index (χ0) is 8.97. The van der Waals surface area contributed by atoms with Gasteiger partial charge in [-0.25, -0.2) is 0 Å². The Kier molecular flexibility index (Phi) is 3.19. The third kappa shape index (κ3) is 2.03. The van der Waals surface area contributed by atoms with Crippen LogP contribution in [0.3, 0.4) is 0 Å². The fourth-order valence-electron chi connectivity index (χ4n) is 0.984. The van der Waals surface area contributed by atoms with E-state index in [1.807, 2.05) is 13.0 Å². The number of aliphatic hydroxyl groups excluding tert-OH is 1. The SMILES string of the molecule is CC[C@@H](N)c1ccc(CO)nc1. The number of rotatable bonds is 3. The van der Waals surface area contributed by atoms with E-state index in [1.165, 1.54) is 0 Å². The summed E-state index contributed by atoms with van der Waals surface area (Å²) in [5.41, 5.74) is 7.49. The smallest absolute Gasteiger partial charge is 0.0852 e. The van der Waals surface area contributed by atoms with Crippen molar-refractivity contribution in [2.45, 2.75) is 26.0 Å². The Morgan fingerprint density at radius 3 is 2.75 bits per heavy atom. The topological polar surface area (TPSA) is 59.1 Å². The molecule has 0 amide bonds. The summed E-state index contributed by atoms with van der Waals surface area (Å²) in [5.74, 6) is 0. The predicted molar refractivity (Wildman–Crippen MR) is 47.4 cm³/mol. The van der Waals surface area contributed by atoms with Gasteiger partial charge >= 0.3 is 0 Å². The number of hydrogen-bond donors (Lipinski definition) is 2. The minimum Gasteiger partial charge on any atom is -0.390 e. The van der Waals surface area contributed by atoms with E-state index >= 15 is 0 Å². The van der Waals surface area contributed by atoms with Gasteiger partial charge in [0.1, 0.15) is 0 Å². The van der Waals surface area contributed by atoms with Crippen LogP contribution in [0.5, 0.6) is 0 Å². The summed E-state index contributed by atoms with van der Waals surface area (Å²) in [6.45, 7) is 2.02. The average Bonchev–Trinajstić information content (AvgIpc) is 2.17. The molecular formula is C9H14N2O. The molecule has 1 aromatic rings. The highest BCUT2D eigenvalue weighted by Crippen LogP contribution is 2.11. The van der Waals surface area contributed by atoms with Gasteiger partial charge in [0.25, 0.3) is 0 Å². The van der Waals surface area contributed by atoms with E-state index in [-0.39, 0.29) is 12.6 Å². The maximum Gasteiger partial charge on any atom is 0.0852 e. The standard InChI is InChI=1S/C9H14N2O/c1-2-9(10)7-3-4-8(6-12)11-5-7/h3-5,9,12H,2,6,10H2,1H3/t9-/m1/s1. The molecule has 3 N–H and O–H groups in total. The van der Waals surface area contributed by atoms with E-state index in [2.05, 4.69) is 4.98 Å². The van der Waals surface area contributed by atoms with Crippen molar-refractivity contribution in [2.75, 3.05) is 0 Å². The van der Waals surface area contributed by atoms with Crippen molar-refractivity contribution in [3.63, 3.8) is 0 Å². The number of aromatic nitrogens is 1. The largest absolute Gasteiger partial charge is 0.390 e. The van der Waals surface area contributed by atoms with Crippen LogP contribution in [0, 0.1) is 0 Å². The molecule has 12 heavy (non-hydrogen) atoms. The number of pyridine rings is 1. The lowest BCUT2D eigenvalue weighted by molar-refractivity contribution is 0.277. The average molecular weight is 166 g/mol. The lowest BCUT2D eigenvalue weighted by atomic mass is 10.1. The molecule has 1 heterocycles. The van der Waals surface area contributed by atoms with Crippen LogP contribution in [0.1, 0.15) is 30.6 Å². The van der Waals surface area contributed by atoms with E-state index in [9.17, 15) is 0 Å². The van der Waals surface area contributed by atoms with Crippen molar-refractivity contribution in [1.29, 1.82) is 0 Å². The number of hydrogen-bond acceptors (Lipinski definition) is 3. The van der Waals surface area contributed by atoms with Crippen LogP contribution in [-0.4, -0.2) is 10.1 Å². The highest BCUT2D eigenvalue weighted by Gasteiger charge is 2.02. The normalized spacial score (nSPS) is 12.9. The van der Waals surface area contributed by atoms with E-state index in [4.69, 9.17) is 10.8 Å². The molecule has 3 heteroatoms. The van der Waals surface area contributed by atoms with Gasteiger partial charge in [-0.2, -0.15) is 0 Å². The lowest BCUT2D eigenvalue weighted by Gasteiger charge is -2.08. The van der Waals surface area contributed by atoms with Gasteiger partial charge < -0.3 is 10.8 Å². The third-order valence-electron chi connectivity index (χ3n) is 1.88. The molecule has 66 valence electrons. The summed E-state index contributed by atoms with van der Waals surface area (Å²) in [4.78, 5) is 4.04. The van der Waals surface area contributed by atoms with Crippen LogP contribution in [0.15, 0.2) is 18.3 Å². The lowest BCUT2D eigenvalue weighted by Crippen LogP contribution is -2.09. The molecule has 0 aliphatic carbocycles. The van der Waals surface area contributed by atoms with Crippen LogP contribution in [0.2, 0.25) is 0 Å². The Morgan fingerprint density at radius 2 is 2.33 bits per heavy atom. The van der Waals surface area contributed by atoms with Crippen LogP contribution in [0.4, 0.5) is 0 Å². The van der Waals surface area contributed by atoms with Crippen molar-refractivity contribution in [3.8, 4) is 0 Å². The van der Waals surface area contributed by atoms with Crippen molar-refractivity contribution in [2.24, 2.45) is 5.73 Å². The number of nitrogens with two attached hydrogens (primary N) is 1.